The average Bonchev–Trinajstić information content (AvgIpc) is 3.83. The zero-order valence-electron chi connectivity index (χ0n) is 35.2. The number of hydrogen-bond acceptors (Lipinski definition) is 2. The largest absolute Gasteiger partial charge is 1.00 e. The van der Waals surface area contributed by atoms with Crippen LogP contribution >= 0.6 is 0 Å². The van der Waals surface area contributed by atoms with Crippen LogP contribution in [0.2, 0.25) is 3.12 Å². The molecule has 3 aromatic rings. The standard InChI is InChI=1S/C29H37.C17H18O2.C5H5.2ClH.Zr/c1-18-25-22-17-19-13-9-10-14-20(19)24(22)21-15-11-12-16-23(21)29(25,8)28(6,7)27(4,5)26(18,2)3;1-3-18-16-9-5-14(6-10-16)13-15-7-11-17(12-8-15)19-4-2;1-2-4-5-3-1;;;/h9-11,13-15,23H,12,16-17H2,1-8H3;5-12H,3-4H2,1-2H3;1-3H,4H2;2*1H;/q;;;;;+2/p-2. The molecule has 0 saturated heterocycles. The zero-order chi connectivity index (χ0) is 38.3. The summed E-state index contributed by atoms with van der Waals surface area (Å²) in [6.07, 6.45) is 16.8. The first-order valence-electron chi connectivity index (χ1n) is 20.6. The molecule has 5 aliphatic carbocycles. The molecule has 3 atom stereocenters. The molecule has 0 aliphatic heterocycles. The third-order valence-electron chi connectivity index (χ3n) is 16.0. The van der Waals surface area contributed by atoms with Crippen LogP contribution in [0, 0.1) is 27.6 Å². The van der Waals surface area contributed by atoms with Gasteiger partial charge in [0.05, 0.1) is 0 Å². The molecule has 56 heavy (non-hydrogen) atoms. The van der Waals surface area contributed by atoms with Gasteiger partial charge >= 0.3 is 335 Å². The Morgan fingerprint density at radius 3 is 1.86 bits per heavy atom. The second-order valence-electron chi connectivity index (χ2n) is 18.2. The number of fused-ring (bicyclic) bond motifs is 6. The van der Waals surface area contributed by atoms with Crippen LogP contribution in [-0.4, -0.2) is 16.4 Å². The second kappa shape index (κ2) is 15.5. The number of benzene rings is 3. The molecule has 3 unspecified atom stereocenters. The van der Waals surface area contributed by atoms with E-state index in [0.29, 0.717) is 19.1 Å². The van der Waals surface area contributed by atoms with Gasteiger partial charge in [0.1, 0.15) is 0 Å². The number of hydrogen-bond donors (Lipinski definition) is 0. The molecule has 294 valence electrons. The fourth-order valence-electron chi connectivity index (χ4n) is 12.0. The monoisotopic (exact) mass is 864 g/mol. The Bertz CT molecular complexity index is 2140. The summed E-state index contributed by atoms with van der Waals surface area (Å²) in [5, 5.41) is 0. The summed E-state index contributed by atoms with van der Waals surface area (Å²) in [6.45, 7) is 27.0. The fourth-order valence-corrected chi connectivity index (χ4v) is 23.2. The summed E-state index contributed by atoms with van der Waals surface area (Å²) < 4.78 is 15.3. The first-order chi connectivity index (χ1) is 25.8. The molecule has 8 rings (SSSR count). The molecule has 0 radical (unpaired) electrons. The van der Waals surface area contributed by atoms with Crippen molar-refractivity contribution in [3.05, 3.63) is 145 Å². The van der Waals surface area contributed by atoms with E-state index < -0.39 is 21.3 Å². The van der Waals surface area contributed by atoms with Crippen molar-refractivity contribution in [3.8, 4) is 11.5 Å². The zero-order valence-corrected chi connectivity index (χ0v) is 39.2. The van der Waals surface area contributed by atoms with Crippen molar-refractivity contribution in [2.45, 2.75) is 98.0 Å². The topological polar surface area (TPSA) is 18.5 Å². The van der Waals surface area contributed by atoms with Crippen molar-refractivity contribution in [2.24, 2.45) is 27.6 Å². The van der Waals surface area contributed by atoms with E-state index in [1.807, 2.05) is 0 Å². The van der Waals surface area contributed by atoms with Crippen LogP contribution in [-0.2, 0) is 27.7 Å². The summed E-state index contributed by atoms with van der Waals surface area (Å²) in [7, 11) is 0. The summed E-state index contributed by atoms with van der Waals surface area (Å²) in [5.74, 6) is 2.34. The van der Waals surface area contributed by atoms with E-state index in [0.717, 1.165) is 30.8 Å². The van der Waals surface area contributed by atoms with Crippen LogP contribution in [0.1, 0.15) is 111 Å². The van der Waals surface area contributed by atoms with Gasteiger partial charge in [0.15, 0.2) is 0 Å². The van der Waals surface area contributed by atoms with Crippen LogP contribution < -0.4 is 34.3 Å². The van der Waals surface area contributed by atoms with E-state index in [4.69, 9.17) is 9.47 Å². The van der Waals surface area contributed by atoms with Gasteiger partial charge in [-0.05, 0) is 0 Å². The maximum absolute atomic E-state index is 6.03. The van der Waals surface area contributed by atoms with E-state index in [9.17, 15) is 0 Å². The van der Waals surface area contributed by atoms with Gasteiger partial charge < -0.3 is 24.8 Å². The minimum atomic E-state index is -3.13. The van der Waals surface area contributed by atoms with Crippen molar-refractivity contribution in [1.82, 2.24) is 0 Å². The van der Waals surface area contributed by atoms with Crippen LogP contribution in [0.15, 0.2) is 123 Å². The maximum atomic E-state index is 6.03. The van der Waals surface area contributed by atoms with Crippen molar-refractivity contribution < 1.29 is 55.6 Å². The van der Waals surface area contributed by atoms with E-state index in [1.54, 1.807) is 28.8 Å². The molecule has 1 fully saturated rings. The smallest absolute Gasteiger partial charge is 1.00 e. The van der Waals surface area contributed by atoms with Gasteiger partial charge in [-0.25, -0.2) is 0 Å². The molecule has 1 saturated carbocycles. The van der Waals surface area contributed by atoms with E-state index in [-0.39, 0.29) is 49.6 Å². The molecule has 0 amide bonds. The Hall–Kier alpha value is -2.71. The van der Waals surface area contributed by atoms with E-state index in [2.05, 4.69) is 172 Å². The van der Waals surface area contributed by atoms with Crippen LogP contribution in [0.4, 0.5) is 0 Å². The van der Waals surface area contributed by atoms with Crippen molar-refractivity contribution in [2.75, 3.05) is 13.2 Å². The minimum Gasteiger partial charge on any atom is -1.00 e. The van der Waals surface area contributed by atoms with Gasteiger partial charge in [0.25, 0.3) is 0 Å². The first-order valence-corrected chi connectivity index (χ1v) is 24.2. The Morgan fingerprint density at radius 2 is 1.30 bits per heavy atom. The Balaban J connectivity index is 0.00000266. The Labute approximate surface area is 357 Å². The van der Waals surface area contributed by atoms with Gasteiger partial charge in [0.2, 0.25) is 0 Å². The molecule has 2 nitrogen and oxygen atoms in total. The molecule has 0 spiro atoms. The predicted molar refractivity (Wildman–Crippen MR) is 224 cm³/mol. The Morgan fingerprint density at radius 1 is 0.714 bits per heavy atom. The summed E-state index contributed by atoms with van der Waals surface area (Å²) in [6, 6.07) is 27.7. The maximum Gasteiger partial charge on any atom is -1.00 e. The summed E-state index contributed by atoms with van der Waals surface area (Å²) in [5.41, 5.74) is 12.2. The van der Waals surface area contributed by atoms with Crippen molar-refractivity contribution in [1.29, 1.82) is 0 Å². The molecular weight excluding hydrogens is 807 g/mol. The quantitative estimate of drug-likeness (QED) is 0.241. The van der Waals surface area contributed by atoms with Gasteiger partial charge in [-0.1, -0.05) is 0 Å². The molecule has 3 aromatic carbocycles. The number of ether oxygens (including phenoxy) is 2. The van der Waals surface area contributed by atoms with Crippen LogP contribution in [0.5, 0.6) is 11.5 Å². The third kappa shape index (κ3) is 5.90. The normalized spacial score (nSPS) is 25.7. The number of halogens is 2. The first kappa shape index (κ1) is 42.9. The summed E-state index contributed by atoms with van der Waals surface area (Å²) in [4.78, 5) is 0. The average molecular weight is 867 g/mol. The second-order valence-corrected chi connectivity index (χ2v) is 25.4. The number of rotatable bonds is 8. The van der Waals surface area contributed by atoms with Crippen LogP contribution in [0.3, 0.4) is 0 Å². The SMILES string of the molecule is CCOc1ccc([C](c2ccc(OCC)cc2)=[Zr+2]([C]2=CC=CC2)[C]2(C)C3=C4Cc5ccccc5C4=C4C=CCCC4C3(C)C(C)(C)C(C)(C)C2(C)C)cc1.[Cl-].[Cl-]. The van der Waals surface area contributed by atoms with E-state index >= 15 is 0 Å². The molecule has 0 aromatic heterocycles. The molecule has 0 heterocycles. The van der Waals surface area contributed by atoms with Gasteiger partial charge in [0, 0.05) is 0 Å². The molecule has 5 aliphatic rings. The minimum absolute atomic E-state index is 0. The third-order valence-corrected chi connectivity index (χ3v) is 25.7. The van der Waals surface area contributed by atoms with E-state index in [1.165, 1.54) is 28.7 Å². The molecule has 0 N–H and O–H groups in total. The van der Waals surface area contributed by atoms with Gasteiger partial charge in [-0.3, -0.25) is 0 Å². The van der Waals surface area contributed by atoms with Crippen LogP contribution in [0.25, 0.3) is 5.57 Å². The molecule has 0 bridgehead atoms. The summed E-state index contributed by atoms with van der Waals surface area (Å²) >= 11 is -3.13. The van der Waals surface area contributed by atoms with Gasteiger partial charge in [-0.15, -0.1) is 0 Å². The molecule has 5 heteroatoms. The van der Waals surface area contributed by atoms with Gasteiger partial charge in [-0.2, -0.15) is 0 Å². The number of allylic oxidation sites excluding steroid dienone is 10. The van der Waals surface area contributed by atoms with Crippen molar-refractivity contribution in [3.63, 3.8) is 0 Å². The molecular formula is C51H60Cl2O2Zr. The fraction of sp³-hybridized carbons (Fsp3) is 0.431. The Kier molecular flexibility index (Phi) is 11.9. The predicted octanol–water partition coefficient (Wildman–Crippen LogP) is 7.09. The van der Waals surface area contributed by atoms with Crippen molar-refractivity contribution >= 4 is 8.78 Å².